The van der Waals surface area contributed by atoms with Crippen molar-refractivity contribution in [3.63, 3.8) is 0 Å². The van der Waals surface area contributed by atoms with E-state index in [1.165, 1.54) is 30.3 Å². The molecule has 1 fully saturated rings. The minimum absolute atomic E-state index is 0.0226. The molecule has 0 spiro atoms. The van der Waals surface area contributed by atoms with Crippen LogP contribution in [0.25, 0.3) is 5.57 Å². The van der Waals surface area contributed by atoms with Crippen LogP contribution in [0.3, 0.4) is 0 Å². The average Bonchev–Trinajstić information content (AvgIpc) is 3.37. The number of allylic oxidation sites excluding steroid dienone is 1. The molecule has 10 heteroatoms. The van der Waals surface area contributed by atoms with Crippen molar-refractivity contribution < 1.29 is 14.0 Å². The van der Waals surface area contributed by atoms with Crippen molar-refractivity contribution in [2.75, 3.05) is 10.6 Å². The highest BCUT2D eigenvalue weighted by Gasteiger charge is 2.67. The van der Waals surface area contributed by atoms with Crippen LogP contribution in [-0.2, 0) is 4.79 Å². The van der Waals surface area contributed by atoms with E-state index in [2.05, 4.69) is 17.2 Å². The monoisotopic (exact) mass is 584 g/mol. The number of amides is 2. The molecule has 2 unspecified atom stereocenters. The van der Waals surface area contributed by atoms with E-state index in [0.717, 1.165) is 0 Å². The molecular formula is C26H18Cl5FN2O2. The molecule has 0 saturated heterocycles. The number of anilines is 2. The van der Waals surface area contributed by atoms with Crippen molar-refractivity contribution in [1.29, 1.82) is 0 Å². The Balaban J connectivity index is 1.51. The third-order valence-electron chi connectivity index (χ3n) is 5.77. The van der Waals surface area contributed by atoms with Crippen LogP contribution in [0.2, 0.25) is 15.1 Å². The second kappa shape index (κ2) is 10.2. The number of benzene rings is 3. The number of hydrogen-bond acceptors (Lipinski definition) is 2. The molecule has 2 amide bonds. The Bertz CT molecular complexity index is 1390. The Morgan fingerprint density at radius 3 is 2.22 bits per heavy atom. The predicted molar refractivity (Wildman–Crippen MR) is 146 cm³/mol. The van der Waals surface area contributed by atoms with Gasteiger partial charge in [0.15, 0.2) is 0 Å². The van der Waals surface area contributed by atoms with Crippen LogP contribution in [0.4, 0.5) is 15.8 Å². The Labute approximate surface area is 232 Å². The molecule has 0 radical (unpaired) electrons. The van der Waals surface area contributed by atoms with Gasteiger partial charge < -0.3 is 10.6 Å². The van der Waals surface area contributed by atoms with Crippen LogP contribution in [0.1, 0.15) is 34.3 Å². The first kappa shape index (κ1) is 26.8. The Kier molecular flexibility index (Phi) is 7.61. The quantitative estimate of drug-likeness (QED) is 0.284. The van der Waals surface area contributed by atoms with Gasteiger partial charge in [-0.1, -0.05) is 53.0 Å². The zero-order valence-corrected chi connectivity index (χ0v) is 22.4. The van der Waals surface area contributed by atoms with Crippen molar-refractivity contribution >= 4 is 86.8 Å². The molecule has 4 rings (SSSR count). The second-order valence-corrected chi connectivity index (χ2v) is 11.2. The molecule has 3 aromatic carbocycles. The highest BCUT2D eigenvalue weighted by Crippen LogP contribution is 2.65. The molecule has 2 atom stereocenters. The van der Waals surface area contributed by atoms with Gasteiger partial charge in [-0.05, 0) is 66.6 Å². The van der Waals surface area contributed by atoms with Gasteiger partial charge in [0.2, 0.25) is 5.91 Å². The molecule has 4 nitrogen and oxygen atoms in total. The van der Waals surface area contributed by atoms with Crippen molar-refractivity contribution in [2.24, 2.45) is 5.92 Å². The molecule has 2 N–H and O–H groups in total. The van der Waals surface area contributed by atoms with Gasteiger partial charge in [-0.15, -0.1) is 23.2 Å². The van der Waals surface area contributed by atoms with Crippen LogP contribution < -0.4 is 10.6 Å². The smallest absolute Gasteiger partial charge is 0.257 e. The molecule has 1 aliphatic rings. The van der Waals surface area contributed by atoms with Crippen molar-refractivity contribution in [1.82, 2.24) is 0 Å². The van der Waals surface area contributed by atoms with Crippen LogP contribution in [-0.4, -0.2) is 16.1 Å². The normalized spacial score (nSPS) is 17.9. The largest absolute Gasteiger partial charge is 0.326 e. The van der Waals surface area contributed by atoms with E-state index >= 15 is 0 Å². The number of hydrogen-bond donors (Lipinski definition) is 2. The number of nitrogens with one attached hydrogen (secondary N) is 2. The summed E-state index contributed by atoms with van der Waals surface area (Å²) in [5, 5.41) is 6.11. The van der Waals surface area contributed by atoms with Gasteiger partial charge in [0.25, 0.3) is 5.91 Å². The summed E-state index contributed by atoms with van der Waals surface area (Å²) in [7, 11) is 0. The molecule has 36 heavy (non-hydrogen) atoms. The minimum atomic E-state index is -1.36. The molecule has 186 valence electrons. The van der Waals surface area contributed by atoms with Crippen LogP contribution >= 0.6 is 58.0 Å². The van der Waals surface area contributed by atoms with Crippen molar-refractivity contribution in [3.8, 4) is 0 Å². The molecule has 1 aliphatic carbocycles. The first-order chi connectivity index (χ1) is 16.9. The molecule has 0 bridgehead atoms. The number of carbonyl (C=O) groups excluding carboxylic acids is 2. The number of carbonyl (C=O) groups is 2. The molecule has 0 heterocycles. The van der Waals surface area contributed by atoms with E-state index in [-0.39, 0.29) is 22.0 Å². The lowest BCUT2D eigenvalue weighted by Gasteiger charge is -2.11. The van der Waals surface area contributed by atoms with E-state index in [1.807, 2.05) is 0 Å². The van der Waals surface area contributed by atoms with E-state index in [0.29, 0.717) is 26.7 Å². The van der Waals surface area contributed by atoms with Crippen molar-refractivity contribution in [3.05, 3.63) is 98.8 Å². The van der Waals surface area contributed by atoms with Gasteiger partial charge in [0, 0.05) is 21.7 Å². The molecule has 1 saturated carbocycles. The van der Waals surface area contributed by atoms with Gasteiger partial charge in [0.05, 0.1) is 22.2 Å². The van der Waals surface area contributed by atoms with Crippen LogP contribution in [0.15, 0.2) is 61.2 Å². The van der Waals surface area contributed by atoms with Gasteiger partial charge in [-0.3, -0.25) is 9.59 Å². The lowest BCUT2D eigenvalue weighted by molar-refractivity contribution is -0.117. The summed E-state index contributed by atoms with van der Waals surface area (Å²) >= 11 is 31.2. The highest BCUT2D eigenvalue weighted by atomic mass is 35.5. The minimum Gasteiger partial charge on any atom is -0.326 e. The highest BCUT2D eigenvalue weighted by molar-refractivity contribution is 6.53. The van der Waals surface area contributed by atoms with Gasteiger partial charge in [-0.25, -0.2) is 4.39 Å². The maximum absolute atomic E-state index is 14.4. The van der Waals surface area contributed by atoms with Gasteiger partial charge in [-0.2, -0.15) is 0 Å². The zero-order chi connectivity index (χ0) is 26.4. The van der Waals surface area contributed by atoms with Crippen LogP contribution in [0.5, 0.6) is 0 Å². The summed E-state index contributed by atoms with van der Waals surface area (Å²) in [4.78, 5) is 25.8. The van der Waals surface area contributed by atoms with Gasteiger partial charge >= 0.3 is 0 Å². The van der Waals surface area contributed by atoms with Gasteiger partial charge in [0.1, 0.15) is 10.2 Å². The number of rotatable bonds is 6. The fraction of sp³-hybridized carbons (Fsp3) is 0.154. The predicted octanol–water partition coefficient (Wildman–Crippen LogP) is 8.60. The summed E-state index contributed by atoms with van der Waals surface area (Å²) in [6.45, 7) is 5.52. The fourth-order valence-corrected chi connectivity index (χ4v) is 5.47. The maximum atomic E-state index is 14.4. The Morgan fingerprint density at radius 2 is 1.61 bits per heavy atom. The molecule has 3 aromatic rings. The third-order valence-corrected chi connectivity index (χ3v) is 7.48. The SMILES string of the molecule is C=C(C)c1ccc(NC(=O)c2cc(NC(=O)C3C(c4cc(Cl)cc(Cl)c4)C3(Cl)Cl)ccc2Cl)c(F)c1. The van der Waals surface area contributed by atoms with E-state index in [1.54, 1.807) is 31.2 Å². The number of halogens is 6. The van der Waals surface area contributed by atoms with E-state index < -0.39 is 33.8 Å². The molecule has 0 aromatic heterocycles. The topological polar surface area (TPSA) is 58.2 Å². The Morgan fingerprint density at radius 1 is 0.944 bits per heavy atom. The molecule has 0 aliphatic heterocycles. The summed E-state index contributed by atoms with van der Waals surface area (Å²) in [5.74, 6) is -3.05. The number of alkyl halides is 2. The zero-order valence-electron chi connectivity index (χ0n) is 18.6. The molecular weight excluding hydrogens is 569 g/mol. The average molecular weight is 587 g/mol. The summed E-state index contributed by atoms with van der Waals surface area (Å²) in [6.07, 6.45) is 0. The fourth-order valence-electron chi connectivity index (χ4n) is 3.89. The summed E-state index contributed by atoms with van der Waals surface area (Å²) in [6, 6.07) is 13.6. The first-order valence-corrected chi connectivity index (χ1v) is 12.5. The summed E-state index contributed by atoms with van der Waals surface area (Å²) in [5.41, 5.74) is 2.23. The van der Waals surface area contributed by atoms with Crippen LogP contribution in [0, 0.1) is 11.7 Å². The Hall–Kier alpha value is -2.28. The lowest BCUT2D eigenvalue weighted by Crippen LogP contribution is -2.18. The first-order valence-electron chi connectivity index (χ1n) is 10.6. The third kappa shape index (κ3) is 5.51. The second-order valence-electron chi connectivity index (χ2n) is 8.45. The van der Waals surface area contributed by atoms with E-state index in [4.69, 9.17) is 58.0 Å². The lowest BCUT2D eigenvalue weighted by atomic mass is 10.1. The van der Waals surface area contributed by atoms with E-state index in [9.17, 15) is 14.0 Å². The maximum Gasteiger partial charge on any atom is 0.257 e. The van der Waals surface area contributed by atoms with Crippen molar-refractivity contribution in [2.45, 2.75) is 17.2 Å². The standard InChI is InChI=1S/C26H18Cl5FN2O2/c1-12(2)13-3-6-21(20(32)9-13)34-24(35)18-11-17(4-5-19(18)29)33-25(36)23-22(26(23,30)31)14-7-15(27)10-16(28)8-14/h3-11,22-23H,1H2,2H3,(H,33,36)(H,34,35). The summed E-state index contributed by atoms with van der Waals surface area (Å²) < 4.78 is 13.1.